The number of aliphatic hydroxyl groups is 1. The van der Waals surface area contributed by atoms with Gasteiger partial charge in [-0.25, -0.2) is 0 Å². The normalized spacial score (nSPS) is 10.2. The molecule has 0 aromatic heterocycles. The fourth-order valence-corrected chi connectivity index (χ4v) is 1.56. The van der Waals surface area contributed by atoms with Crippen LogP contribution < -0.4 is 4.90 Å². The van der Waals surface area contributed by atoms with Crippen molar-refractivity contribution in [1.29, 1.82) is 0 Å². The Bertz CT molecular complexity index is 273. The Labute approximate surface area is 86.2 Å². The van der Waals surface area contributed by atoms with Gasteiger partial charge in [-0.05, 0) is 31.0 Å². The van der Waals surface area contributed by atoms with Crippen LogP contribution in [0.2, 0.25) is 0 Å². The van der Waals surface area contributed by atoms with Gasteiger partial charge in [0.05, 0.1) is 6.61 Å². The fourth-order valence-electron chi connectivity index (χ4n) is 1.56. The van der Waals surface area contributed by atoms with Gasteiger partial charge in [0.15, 0.2) is 0 Å². The third kappa shape index (κ3) is 2.74. The van der Waals surface area contributed by atoms with Crippen LogP contribution in [0.5, 0.6) is 0 Å². The number of nitrogens with zero attached hydrogens (tertiary/aromatic N) is 1. The maximum atomic E-state index is 8.91. The Morgan fingerprint density at radius 2 is 2.07 bits per heavy atom. The smallest absolute Gasteiger partial charge is 0.0606 e. The number of aryl methyl sites for hydroxylation is 1. The minimum absolute atomic E-state index is 0.212. The largest absolute Gasteiger partial charge is 0.395 e. The van der Waals surface area contributed by atoms with Crippen molar-refractivity contribution in [2.45, 2.75) is 20.3 Å². The second-order valence-corrected chi connectivity index (χ2v) is 3.33. The van der Waals surface area contributed by atoms with Crippen molar-refractivity contribution in [2.24, 2.45) is 0 Å². The summed E-state index contributed by atoms with van der Waals surface area (Å²) in [5.41, 5.74) is 2.56. The topological polar surface area (TPSA) is 23.5 Å². The molecular formula is C12H19NO. The van der Waals surface area contributed by atoms with E-state index in [0.717, 1.165) is 13.0 Å². The Balaban J connectivity index is 2.80. The molecule has 2 heteroatoms. The van der Waals surface area contributed by atoms with E-state index in [1.165, 1.54) is 11.3 Å². The maximum Gasteiger partial charge on any atom is 0.0606 e. The van der Waals surface area contributed by atoms with Gasteiger partial charge in [-0.2, -0.15) is 0 Å². The molecular weight excluding hydrogens is 174 g/mol. The molecule has 0 aliphatic rings. The quantitative estimate of drug-likeness (QED) is 0.773. The van der Waals surface area contributed by atoms with Crippen molar-refractivity contribution in [3.63, 3.8) is 0 Å². The average Bonchev–Trinajstić information content (AvgIpc) is 2.26. The van der Waals surface area contributed by atoms with E-state index in [0.29, 0.717) is 6.54 Å². The minimum Gasteiger partial charge on any atom is -0.395 e. The van der Waals surface area contributed by atoms with Crippen molar-refractivity contribution in [2.75, 3.05) is 24.6 Å². The first-order valence-corrected chi connectivity index (χ1v) is 5.26. The second kappa shape index (κ2) is 5.66. The SMILES string of the molecule is CCc1cccc(N(CC)CCO)c1. The first-order chi connectivity index (χ1) is 6.81. The third-order valence-corrected chi connectivity index (χ3v) is 2.44. The van der Waals surface area contributed by atoms with E-state index in [9.17, 15) is 0 Å². The third-order valence-electron chi connectivity index (χ3n) is 2.44. The summed E-state index contributed by atoms with van der Waals surface area (Å²) in [6, 6.07) is 8.50. The lowest BCUT2D eigenvalue weighted by atomic mass is 10.1. The minimum atomic E-state index is 0.212. The highest BCUT2D eigenvalue weighted by Gasteiger charge is 2.02. The lowest BCUT2D eigenvalue weighted by Crippen LogP contribution is -2.26. The highest BCUT2D eigenvalue weighted by atomic mass is 16.3. The molecule has 0 heterocycles. The van der Waals surface area contributed by atoms with E-state index in [4.69, 9.17) is 5.11 Å². The van der Waals surface area contributed by atoms with Gasteiger partial charge in [0.25, 0.3) is 0 Å². The van der Waals surface area contributed by atoms with Crippen LogP contribution in [0.4, 0.5) is 5.69 Å². The number of benzene rings is 1. The summed E-state index contributed by atoms with van der Waals surface area (Å²) in [5, 5.41) is 8.91. The summed E-state index contributed by atoms with van der Waals surface area (Å²) in [4.78, 5) is 2.18. The predicted octanol–water partition coefficient (Wildman–Crippen LogP) is 2.07. The summed E-state index contributed by atoms with van der Waals surface area (Å²) in [6.07, 6.45) is 1.06. The average molecular weight is 193 g/mol. The van der Waals surface area contributed by atoms with E-state index >= 15 is 0 Å². The molecule has 2 nitrogen and oxygen atoms in total. The van der Waals surface area contributed by atoms with Crippen molar-refractivity contribution >= 4 is 5.69 Å². The van der Waals surface area contributed by atoms with Crippen LogP contribution >= 0.6 is 0 Å². The monoisotopic (exact) mass is 193 g/mol. The molecule has 1 N–H and O–H groups in total. The Kier molecular flexibility index (Phi) is 4.47. The Morgan fingerprint density at radius 1 is 1.29 bits per heavy atom. The number of rotatable bonds is 5. The molecule has 0 unspecified atom stereocenters. The highest BCUT2D eigenvalue weighted by molar-refractivity contribution is 5.48. The van der Waals surface area contributed by atoms with Crippen molar-refractivity contribution in [1.82, 2.24) is 0 Å². The van der Waals surface area contributed by atoms with E-state index in [2.05, 4.69) is 43.0 Å². The second-order valence-electron chi connectivity index (χ2n) is 3.33. The van der Waals surface area contributed by atoms with E-state index < -0.39 is 0 Å². The van der Waals surface area contributed by atoms with Crippen molar-refractivity contribution in [3.8, 4) is 0 Å². The molecule has 1 aromatic rings. The highest BCUT2D eigenvalue weighted by Crippen LogP contribution is 2.15. The number of hydrogen-bond acceptors (Lipinski definition) is 2. The van der Waals surface area contributed by atoms with Crippen molar-refractivity contribution in [3.05, 3.63) is 29.8 Å². The van der Waals surface area contributed by atoms with E-state index in [-0.39, 0.29) is 6.61 Å². The number of hydrogen-bond donors (Lipinski definition) is 1. The van der Waals surface area contributed by atoms with Crippen molar-refractivity contribution < 1.29 is 5.11 Å². The molecule has 0 saturated carbocycles. The lowest BCUT2D eigenvalue weighted by molar-refractivity contribution is 0.302. The molecule has 0 aliphatic carbocycles. The molecule has 1 aromatic carbocycles. The van der Waals surface area contributed by atoms with Crippen LogP contribution in [0.15, 0.2) is 24.3 Å². The van der Waals surface area contributed by atoms with Crippen LogP contribution in [0.3, 0.4) is 0 Å². The van der Waals surface area contributed by atoms with Gasteiger partial charge in [0.2, 0.25) is 0 Å². The Hall–Kier alpha value is -1.02. The van der Waals surface area contributed by atoms with Crippen LogP contribution in [0, 0.1) is 0 Å². The number of anilines is 1. The van der Waals surface area contributed by atoms with Gasteiger partial charge >= 0.3 is 0 Å². The molecule has 0 aliphatic heterocycles. The van der Waals surface area contributed by atoms with Gasteiger partial charge in [0.1, 0.15) is 0 Å². The Morgan fingerprint density at radius 3 is 2.64 bits per heavy atom. The molecule has 0 radical (unpaired) electrons. The number of aliphatic hydroxyl groups excluding tert-OH is 1. The predicted molar refractivity (Wildman–Crippen MR) is 60.8 cm³/mol. The van der Waals surface area contributed by atoms with E-state index in [1.54, 1.807) is 0 Å². The molecule has 0 spiro atoms. The summed E-state index contributed by atoms with van der Waals surface area (Å²) >= 11 is 0. The van der Waals surface area contributed by atoms with Crippen LogP contribution in [0.1, 0.15) is 19.4 Å². The van der Waals surface area contributed by atoms with Crippen LogP contribution in [0.25, 0.3) is 0 Å². The van der Waals surface area contributed by atoms with Gasteiger partial charge in [-0.1, -0.05) is 19.1 Å². The zero-order valence-corrected chi connectivity index (χ0v) is 9.03. The summed E-state index contributed by atoms with van der Waals surface area (Å²) in [6.45, 7) is 6.12. The molecule has 0 fully saturated rings. The zero-order valence-electron chi connectivity index (χ0n) is 9.03. The lowest BCUT2D eigenvalue weighted by Gasteiger charge is -2.22. The fraction of sp³-hybridized carbons (Fsp3) is 0.500. The molecule has 0 amide bonds. The van der Waals surface area contributed by atoms with Gasteiger partial charge < -0.3 is 10.0 Å². The molecule has 14 heavy (non-hydrogen) atoms. The number of likely N-dealkylation sites (N-methyl/N-ethyl adjacent to an activating group) is 1. The molecule has 0 saturated heterocycles. The zero-order chi connectivity index (χ0) is 10.4. The van der Waals surface area contributed by atoms with Gasteiger partial charge in [-0.15, -0.1) is 0 Å². The van der Waals surface area contributed by atoms with Crippen LogP contribution in [-0.4, -0.2) is 24.8 Å². The van der Waals surface area contributed by atoms with Crippen LogP contribution in [-0.2, 0) is 6.42 Å². The first kappa shape index (κ1) is 11.1. The van der Waals surface area contributed by atoms with Gasteiger partial charge in [-0.3, -0.25) is 0 Å². The summed E-state index contributed by atoms with van der Waals surface area (Å²) in [7, 11) is 0. The molecule has 78 valence electrons. The molecule has 0 bridgehead atoms. The summed E-state index contributed by atoms with van der Waals surface area (Å²) < 4.78 is 0. The maximum absolute atomic E-state index is 8.91. The van der Waals surface area contributed by atoms with E-state index in [1.807, 2.05) is 0 Å². The first-order valence-electron chi connectivity index (χ1n) is 5.26. The standard InChI is InChI=1S/C12H19NO/c1-3-11-6-5-7-12(10-11)13(4-2)8-9-14/h5-7,10,14H,3-4,8-9H2,1-2H3. The molecule has 0 atom stereocenters. The summed E-state index contributed by atoms with van der Waals surface area (Å²) in [5.74, 6) is 0. The molecule has 1 rings (SSSR count). The van der Waals surface area contributed by atoms with Gasteiger partial charge in [0, 0.05) is 18.8 Å².